The number of hydrogen-bond donors (Lipinski definition) is 1. The van der Waals surface area contributed by atoms with Crippen molar-refractivity contribution >= 4 is 23.2 Å². The van der Waals surface area contributed by atoms with Gasteiger partial charge in [-0.1, -0.05) is 23.7 Å². The molecule has 5 nitrogen and oxygen atoms in total. The van der Waals surface area contributed by atoms with Crippen LogP contribution in [0.4, 0.5) is 5.69 Å². The zero-order valence-corrected chi connectivity index (χ0v) is 17.3. The molecule has 0 bridgehead atoms. The van der Waals surface area contributed by atoms with Crippen LogP contribution in [0.2, 0.25) is 5.02 Å². The molecule has 1 aliphatic heterocycles. The largest absolute Gasteiger partial charge is 0.368 e. The van der Waals surface area contributed by atoms with Gasteiger partial charge in [0, 0.05) is 32.2 Å². The van der Waals surface area contributed by atoms with E-state index in [0.29, 0.717) is 5.92 Å². The number of amides is 1. The van der Waals surface area contributed by atoms with Crippen LogP contribution in [-0.4, -0.2) is 49.6 Å². The highest BCUT2D eigenvalue weighted by molar-refractivity contribution is 6.34. The quantitative estimate of drug-likeness (QED) is 0.795. The first kappa shape index (κ1) is 19.5. The first-order valence-electron chi connectivity index (χ1n) is 10.5. The van der Waals surface area contributed by atoms with Gasteiger partial charge in [0.15, 0.2) is 0 Å². The van der Waals surface area contributed by atoms with Crippen molar-refractivity contribution in [3.63, 3.8) is 0 Å². The van der Waals surface area contributed by atoms with Crippen LogP contribution in [0.5, 0.6) is 0 Å². The van der Waals surface area contributed by atoms with Gasteiger partial charge in [-0.2, -0.15) is 5.26 Å². The van der Waals surface area contributed by atoms with Gasteiger partial charge in [0.05, 0.1) is 16.8 Å². The molecule has 1 amide bonds. The minimum Gasteiger partial charge on any atom is -0.368 e. The van der Waals surface area contributed by atoms with Gasteiger partial charge >= 0.3 is 0 Å². The molecule has 2 saturated carbocycles. The summed E-state index contributed by atoms with van der Waals surface area (Å²) in [6.45, 7) is 7.36. The lowest BCUT2D eigenvalue weighted by Crippen LogP contribution is -2.49. The predicted octanol–water partition coefficient (Wildman–Crippen LogP) is 3.36. The van der Waals surface area contributed by atoms with Gasteiger partial charge in [-0.3, -0.25) is 9.69 Å². The Kier molecular flexibility index (Phi) is 5.53. The predicted molar refractivity (Wildman–Crippen MR) is 111 cm³/mol. The molecular formula is C22H29ClN4O. The van der Waals surface area contributed by atoms with Crippen molar-refractivity contribution in [1.82, 2.24) is 10.2 Å². The van der Waals surface area contributed by atoms with Gasteiger partial charge in [-0.05, 0) is 63.1 Å². The highest BCUT2D eigenvalue weighted by Crippen LogP contribution is 2.45. The average Bonchev–Trinajstić information content (AvgIpc) is 3.47. The zero-order chi connectivity index (χ0) is 19.7. The molecule has 4 rings (SSSR count). The topological polar surface area (TPSA) is 59.4 Å². The molecule has 0 aromatic heterocycles. The molecular weight excluding hydrogens is 372 g/mol. The molecule has 3 aliphatic rings. The molecule has 0 radical (unpaired) electrons. The Bertz CT molecular complexity index is 771. The van der Waals surface area contributed by atoms with E-state index in [0.717, 1.165) is 74.7 Å². The molecule has 1 saturated heterocycles. The molecule has 1 heterocycles. The summed E-state index contributed by atoms with van der Waals surface area (Å²) in [5, 5.41) is 13.1. The molecule has 28 heavy (non-hydrogen) atoms. The fourth-order valence-corrected chi connectivity index (χ4v) is 4.63. The summed E-state index contributed by atoms with van der Waals surface area (Å²) in [6.07, 6.45) is 4.77. The lowest BCUT2D eigenvalue weighted by Gasteiger charge is -2.40. The molecule has 3 fully saturated rings. The lowest BCUT2D eigenvalue weighted by molar-refractivity contribution is -0.126. The fourth-order valence-electron chi connectivity index (χ4n) is 4.38. The molecule has 1 aromatic rings. The number of halogens is 1. The SMILES string of the molecule is Cc1cccc(N2CCN(CCC3CC(NC(=O)C4(C#N)CC4)C3)CC2)c1Cl. The Balaban J connectivity index is 1.15. The molecule has 6 heteroatoms. The molecule has 0 atom stereocenters. The number of carbonyl (C=O) groups is 1. The first-order chi connectivity index (χ1) is 13.5. The van der Waals surface area contributed by atoms with E-state index in [4.69, 9.17) is 16.9 Å². The second-order valence-corrected chi connectivity index (χ2v) is 9.11. The minimum absolute atomic E-state index is 0.0376. The highest BCUT2D eigenvalue weighted by Gasteiger charge is 2.51. The van der Waals surface area contributed by atoms with Gasteiger partial charge in [-0.15, -0.1) is 0 Å². The molecule has 1 aromatic carbocycles. The highest BCUT2D eigenvalue weighted by atomic mass is 35.5. The number of carbonyl (C=O) groups excluding carboxylic acids is 1. The maximum atomic E-state index is 12.1. The summed E-state index contributed by atoms with van der Waals surface area (Å²) in [7, 11) is 0. The Morgan fingerprint density at radius 2 is 2.00 bits per heavy atom. The second kappa shape index (κ2) is 7.93. The number of nitrogens with zero attached hydrogens (tertiary/aromatic N) is 3. The van der Waals surface area contributed by atoms with Crippen LogP contribution >= 0.6 is 11.6 Å². The molecule has 2 aliphatic carbocycles. The van der Waals surface area contributed by atoms with Crippen molar-refractivity contribution < 1.29 is 4.79 Å². The summed E-state index contributed by atoms with van der Waals surface area (Å²) in [4.78, 5) is 17.0. The van der Waals surface area contributed by atoms with Crippen LogP contribution in [0, 0.1) is 29.6 Å². The van der Waals surface area contributed by atoms with Gasteiger partial charge in [0.1, 0.15) is 5.41 Å². The van der Waals surface area contributed by atoms with Crippen LogP contribution < -0.4 is 10.2 Å². The summed E-state index contributed by atoms with van der Waals surface area (Å²) < 4.78 is 0. The first-order valence-corrected chi connectivity index (χ1v) is 10.8. The van der Waals surface area contributed by atoms with E-state index in [-0.39, 0.29) is 11.9 Å². The Labute approximate surface area is 172 Å². The minimum atomic E-state index is -0.690. The Morgan fingerprint density at radius 1 is 1.29 bits per heavy atom. The summed E-state index contributed by atoms with van der Waals surface area (Å²) >= 11 is 6.48. The maximum Gasteiger partial charge on any atom is 0.240 e. The van der Waals surface area contributed by atoms with Crippen molar-refractivity contribution in [1.29, 1.82) is 5.26 Å². The normalized spacial score (nSPS) is 26.2. The third-order valence-corrected chi connectivity index (χ3v) is 7.20. The third kappa shape index (κ3) is 3.99. The summed E-state index contributed by atoms with van der Waals surface area (Å²) in [5.74, 6) is 0.663. The number of anilines is 1. The molecule has 0 unspecified atom stereocenters. The smallest absolute Gasteiger partial charge is 0.240 e. The van der Waals surface area contributed by atoms with Crippen molar-refractivity contribution in [2.75, 3.05) is 37.6 Å². The second-order valence-electron chi connectivity index (χ2n) is 8.73. The number of rotatable bonds is 6. The lowest BCUT2D eigenvalue weighted by atomic mass is 9.78. The van der Waals surface area contributed by atoms with Crippen LogP contribution in [0.25, 0.3) is 0 Å². The Hall–Kier alpha value is -1.77. The van der Waals surface area contributed by atoms with Crippen molar-refractivity contribution in [2.45, 2.75) is 45.1 Å². The zero-order valence-electron chi connectivity index (χ0n) is 16.6. The van der Waals surface area contributed by atoms with E-state index in [1.54, 1.807) is 0 Å². The number of nitriles is 1. The van der Waals surface area contributed by atoms with E-state index in [1.165, 1.54) is 6.42 Å². The summed E-state index contributed by atoms with van der Waals surface area (Å²) in [6, 6.07) is 8.71. The number of benzene rings is 1. The molecule has 0 spiro atoms. The van der Waals surface area contributed by atoms with E-state index >= 15 is 0 Å². The van der Waals surface area contributed by atoms with E-state index in [9.17, 15) is 4.79 Å². The van der Waals surface area contributed by atoms with E-state index < -0.39 is 5.41 Å². The number of aryl methyl sites for hydroxylation is 1. The van der Waals surface area contributed by atoms with Crippen LogP contribution in [0.1, 0.15) is 37.7 Å². The van der Waals surface area contributed by atoms with Crippen molar-refractivity contribution in [3.05, 3.63) is 28.8 Å². The van der Waals surface area contributed by atoms with Gasteiger partial charge in [-0.25, -0.2) is 0 Å². The van der Waals surface area contributed by atoms with Crippen LogP contribution in [0.3, 0.4) is 0 Å². The van der Waals surface area contributed by atoms with E-state index in [1.807, 2.05) is 0 Å². The average molecular weight is 401 g/mol. The fraction of sp³-hybridized carbons (Fsp3) is 0.636. The monoisotopic (exact) mass is 400 g/mol. The molecule has 150 valence electrons. The van der Waals surface area contributed by atoms with Crippen LogP contribution in [0.15, 0.2) is 18.2 Å². The van der Waals surface area contributed by atoms with E-state index in [2.05, 4.69) is 46.3 Å². The maximum absolute atomic E-state index is 12.1. The van der Waals surface area contributed by atoms with Crippen molar-refractivity contribution in [3.8, 4) is 6.07 Å². The van der Waals surface area contributed by atoms with Gasteiger partial charge in [0.25, 0.3) is 0 Å². The number of nitrogens with one attached hydrogen (secondary N) is 1. The molecule has 1 N–H and O–H groups in total. The summed E-state index contributed by atoms with van der Waals surface area (Å²) in [5.41, 5.74) is 1.60. The van der Waals surface area contributed by atoms with Crippen LogP contribution in [-0.2, 0) is 4.79 Å². The Morgan fingerprint density at radius 3 is 2.64 bits per heavy atom. The van der Waals surface area contributed by atoms with Gasteiger partial charge < -0.3 is 10.2 Å². The standard InChI is InChI=1S/C22H29ClN4O/c1-16-3-2-4-19(20(16)23)27-11-9-26(10-12-27)8-5-17-13-18(14-17)25-21(28)22(15-24)6-7-22/h2-4,17-18H,5-14H2,1H3,(H,25,28). The third-order valence-electron chi connectivity index (χ3n) is 6.71. The van der Waals surface area contributed by atoms with Crippen molar-refractivity contribution in [2.24, 2.45) is 11.3 Å². The van der Waals surface area contributed by atoms with Gasteiger partial charge in [0.2, 0.25) is 5.91 Å². The number of hydrogen-bond acceptors (Lipinski definition) is 4. The number of piperazine rings is 1.